The van der Waals surface area contributed by atoms with Gasteiger partial charge in [-0.15, -0.1) is 0 Å². The third-order valence-corrected chi connectivity index (χ3v) is 12.0. The van der Waals surface area contributed by atoms with E-state index in [1.807, 2.05) is 4.31 Å². The summed E-state index contributed by atoms with van der Waals surface area (Å²) in [5.74, 6) is 6.84. The summed E-state index contributed by atoms with van der Waals surface area (Å²) in [4.78, 5) is 14.8. The molecule has 0 radical (unpaired) electrons. The Morgan fingerprint density at radius 1 is 1.00 bits per heavy atom. The van der Waals surface area contributed by atoms with Gasteiger partial charge >= 0.3 is 0 Å². The van der Waals surface area contributed by atoms with Crippen LogP contribution in [0.3, 0.4) is 0 Å². The highest BCUT2D eigenvalue weighted by molar-refractivity contribution is 7.97. The van der Waals surface area contributed by atoms with Gasteiger partial charge in [0.05, 0.1) is 0 Å². The Morgan fingerprint density at radius 2 is 1.68 bits per heavy atom. The lowest BCUT2D eigenvalue weighted by Gasteiger charge is -2.57. The normalized spacial score (nSPS) is 42.6. The van der Waals surface area contributed by atoms with Gasteiger partial charge in [0.25, 0.3) is 0 Å². The Morgan fingerprint density at radius 3 is 2.34 bits per heavy atom. The molecule has 0 aromatic heterocycles. The standard InChI is InChI=1S/C30H44N2O5S/c1-38(2,33)32-12-10-31(11-13-32)14-15-34-28-7-5-24(6-8-28)25-4-3-9-29(21-25)35-30(37-36-29)26-17-22-16-23(19-26)20-27(30)18-22/h5-8,22-23,25-27H,1,3-4,9-21H2,2H3/t22?,23?,25?,26?,27?,29-,30?,38?/m1/s1. The van der Waals surface area contributed by atoms with E-state index in [-0.39, 0.29) is 0 Å². The molecule has 1 aromatic rings. The fourth-order valence-corrected chi connectivity index (χ4v) is 9.66. The third kappa shape index (κ3) is 4.73. The fourth-order valence-electron chi connectivity index (χ4n) is 8.73. The van der Waals surface area contributed by atoms with Crippen LogP contribution >= 0.6 is 0 Å². The molecule has 2 heterocycles. The molecule has 2 spiro atoms. The summed E-state index contributed by atoms with van der Waals surface area (Å²) in [6.07, 6.45) is 12.2. The van der Waals surface area contributed by atoms with Crippen molar-refractivity contribution in [2.24, 2.45) is 23.7 Å². The van der Waals surface area contributed by atoms with Crippen LogP contribution in [0.1, 0.15) is 69.3 Å². The Kier molecular flexibility index (Phi) is 6.61. The molecule has 38 heavy (non-hydrogen) atoms. The van der Waals surface area contributed by atoms with Crippen molar-refractivity contribution in [2.75, 3.05) is 45.6 Å². The van der Waals surface area contributed by atoms with Crippen molar-refractivity contribution < 1.29 is 23.5 Å². The van der Waals surface area contributed by atoms with Crippen LogP contribution in [0.2, 0.25) is 0 Å². The molecular formula is C30H44N2O5S. The SMILES string of the molecule is C=S(C)(=O)N1CCN(CCOc2ccc(C3CCC[C@]4(C3)OOC3(O4)C4CC5CC(C4)CC3C5)cc2)CC1. The topological polar surface area (TPSA) is 60.5 Å². The third-order valence-electron chi connectivity index (χ3n) is 10.5. The van der Waals surface area contributed by atoms with E-state index in [9.17, 15) is 4.21 Å². The summed E-state index contributed by atoms with van der Waals surface area (Å²) in [5.41, 5.74) is 1.34. The monoisotopic (exact) mass is 544 g/mol. The van der Waals surface area contributed by atoms with E-state index in [1.54, 1.807) is 6.26 Å². The van der Waals surface area contributed by atoms with Crippen molar-refractivity contribution in [3.63, 3.8) is 0 Å². The smallest absolute Gasteiger partial charge is 0.210 e. The van der Waals surface area contributed by atoms with E-state index in [2.05, 4.69) is 35.0 Å². The van der Waals surface area contributed by atoms with Gasteiger partial charge in [-0.25, -0.2) is 4.31 Å². The van der Waals surface area contributed by atoms with Crippen LogP contribution in [0, 0.1) is 23.7 Å². The molecule has 2 unspecified atom stereocenters. The second-order valence-electron chi connectivity index (χ2n) is 13.1. The predicted octanol–water partition coefficient (Wildman–Crippen LogP) is 4.43. The van der Waals surface area contributed by atoms with Gasteiger partial charge in [0.1, 0.15) is 12.4 Å². The van der Waals surface area contributed by atoms with Crippen molar-refractivity contribution in [3.05, 3.63) is 29.8 Å². The van der Waals surface area contributed by atoms with Crippen LogP contribution < -0.4 is 4.74 Å². The average Bonchev–Trinajstić information content (AvgIpc) is 3.26. The maximum atomic E-state index is 12.1. The molecule has 2 aliphatic heterocycles. The zero-order valence-corrected chi connectivity index (χ0v) is 23.7. The zero-order valence-electron chi connectivity index (χ0n) is 22.9. The van der Waals surface area contributed by atoms with Crippen LogP contribution in [-0.4, -0.2) is 76.4 Å². The van der Waals surface area contributed by atoms with E-state index in [0.717, 1.165) is 76.0 Å². The molecule has 2 saturated heterocycles. The summed E-state index contributed by atoms with van der Waals surface area (Å²) in [7, 11) is -2.09. The number of nitrogens with zero attached hydrogens (tertiary/aromatic N) is 2. The van der Waals surface area contributed by atoms with Gasteiger partial charge in [0, 0.05) is 73.4 Å². The van der Waals surface area contributed by atoms with Gasteiger partial charge in [-0.1, -0.05) is 12.1 Å². The molecule has 5 saturated carbocycles. The first-order chi connectivity index (χ1) is 18.3. The second kappa shape index (κ2) is 9.74. The molecule has 7 fully saturated rings. The molecule has 7 nitrogen and oxygen atoms in total. The second-order valence-corrected chi connectivity index (χ2v) is 15.6. The molecule has 3 atom stereocenters. The molecule has 1 aromatic carbocycles. The van der Waals surface area contributed by atoms with Gasteiger partial charge in [0.2, 0.25) is 11.6 Å². The van der Waals surface area contributed by atoms with Gasteiger partial charge in [-0.05, 0) is 86.3 Å². The van der Waals surface area contributed by atoms with Crippen molar-refractivity contribution in [2.45, 2.75) is 75.3 Å². The molecule has 8 heteroatoms. The van der Waals surface area contributed by atoms with E-state index < -0.39 is 21.3 Å². The number of hydrogen-bond acceptors (Lipinski definition) is 6. The lowest BCUT2D eigenvalue weighted by Crippen LogP contribution is -2.59. The molecule has 8 rings (SSSR count). The first kappa shape index (κ1) is 25.8. The number of benzene rings is 1. The summed E-state index contributed by atoms with van der Waals surface area (Å²) < 4.78 is 27.2. The quantitative estimate of drug-likeness (QED) is 0.390. The first-order valence-electron chi connectivity index (χ1n) is 14.9. The minimum absolute atomic E-state index is 0.409. The molecule has 0 amide bonds. The van der Waals surface area contributed by atoms with E-state index >= 15 is 0 Å². The highest BCUT2D eigenvalue weighted by atomic mass is 32.2. The van der Waals surface area contributed by atoms with Gasteiger partial charge in [-0.2, -0.15) is 9.78 Å². The van der Waals surface area contributed by atoms with Crippen LogP contribution in [0.4, 0.5) is 0 Å². The number of piperazine rings is 1. The maximum absolute atomic E-state index is 12.1. The Balaban J connectivity index is 0.926. The van der Waals surface area contributed by atoms with E-state index in [1.165, 1.54) is 37.7 Å². The van der Waals surface area contributed by atoms with Crippen LogP contribution in [0.25, 0.3) is 0 Å². The summed E-state index contributed by atoms with van der Waals surface area (Å²) in [5, 5.41) is 0. The van der Waals surface area contributed by atoms with Gasteiger partial charge in [0.15, 0.2) is 0 Å². The molecule has 5 aliphatic carbocycles. The van der Waals surface area contributed by atoms with Crippen molar-refractivity contribution in [1.82, 2.24) is 9.21 Å². The zero-order chi connectivity index (χ0) is 26.0. The van der Waals surface area contributed by atoms with Crippen molar-refractivity contribution >= 4 is 15.6 Å². The van der Waals surface area contributed by atoms with Crippen molar-refractivity contribution in [3.8, 4) is 5.75 Å². The summed E-state index contributed by atoms with van der Waals surface area (Å²) >= 11 is 0. The maximum Gasteiger partial charge on any atom is 0.210 e. The van der Waals surface area contributed by atoms with Gasteiger partial charge in [-0.3, -0.25) is 9.11 Å². The Labute approximate surface area is 228 Å². The van der Waals surface area contributed by atoms with Crippen LogP contribution in [0.15, 0.2) is 24.3 Å². The lowest BCUT2D eigenvalue weighted by molar-refractivity contribution is -0.390. The minimum atomic E-state index is -2.09. The molecule has 4 bridgehead atoms. The first-order valence-corrected chi connectivity index (χ1v) is 17.0. The number of hydrogen-bond donors (Lipinski definition) is 0. The fraction of sp³-hybridized carbons (Fsp3) is 0.767. The summed E-state index contributed by atoms with van der Waals surface area (Å²) in [6.45, 7) is 4.95. The number of ether oxygens (including phenoxy) is 2. The van der Waals surface area contributed by atoms with Gasteiger partial charge < -0.3 is 9.47 Å². The highest BCUT2D eigenvalue weighted by Gasteiger charge is 2.67. The largest absolute Gasteiger partial charge is 0.492 e. The lowest BCUT2D eigenvalue weighted by atomic mass is 9.53. The molecule has 7 aliphatic rings. The van der Waals surface area contributed by atoms with E-state index in [0.29, 0.717) is 24.4 Å². The Hall–Kier alpha value is -1.16. The molecule has 0 N–H and O–H groups in total. The van der Waals surface area contributed by atoms with Crippen LogP contribution in [0.5, 0.6) is 5.75 Å². The minimum Gasteiger partial charge on any atom is -0.492 e. The highest BCUT2D eigenvalue weighted by Crippen LogP contribution is 2.64. The van der Waals surface area contributed by atoms with Crippen molar-refractivity contribution in [1.29, 1.82) is 0 Å². The summed E-state index contributed by atoms with van der Waals surface area (Å²) in [6, 6.07) is 8.65. The predicted molar refractivity (Wildman–Crippen MR) is 148 cm³/mol. The molecular weight excluding hydrogens is 500 g/mol. The Bertz CT molecular complexity index is 1090. The van der Waals surface area contributed by atoms with E-state index in [4.69, 9.17) is 19.2 Å². The average molecular weight is 545 g/mol. The molecule has 210 valence electrons. The van der Waals surface area contributed by atoms with Crippen LogP contribution in [-0.2, 0) is 24.2 Å². The number of rotatable bonds is 6.